The van der Waals surface area contributed by atoms with Crippen molar-refractivity contribution in [3.8, 4) is 10.4 Å². The van der Waals surface area contributed by atoms with Gasteiger partial charge in [-0.15, -0.1) is 11.3 Å². The highest BCUT2D eigenvalue weighted by Crippen LogP contribution is 2.36. The van der Waals surface area contributed by atoms with Gasteiger partial charge < -0.3 is 4.74 Å². The summed E-state index contributed by atoms with van der Waals surface area (Å²) in [5.41, 5.74) is 1.81. The SMILES string of the molecule is COC(=O)C1CCCc2sc(-c3ccccc3)cc2C1=O. The van der Waals surface area contributed by atoms with Crippen LogP contribution < -0.4 is 0 Å². The Morgan fingerprint density at radius 2 is 2.05 bits per heavy atom. The van der Waals surface area contributed by atoms with Crippen molar-refractivity contribution in [3.63, 3.8) is 0 Å². The van der Waals surface area contributed by atoms with Crippen molar-refractivity contribution in [2.75, 3.05) is 7.11 Å². The van der Waals surface area contributed by atoms with Crippen LogP contribution in [0, 0.1) is 5.92 Å². The molecule has 0 N–H and O–H groups in total. The van der Waals surface area contributed by atoms with E-state index in [1.54, 1.807) is 11.3 Å². The lowest BCUT2D eigenvalue weighted by molar-refractivity contribution is -0.143. The number of aryl methyl sites for hydroxylation is 1. The summed E-state index contributed by atoms with van der Waals surface area (Å²) in [5.74, 6) is -1.15. The molecule has 1 aliphatic carbocycles. The smallest absolute Gasteiger partial charge is 0.316 e. The molecule has 0 fully saturated rings. The Morgan fingerprint density at radius 3 is 2.76 bits per heavy atom. The van der Waals surface area contributed by atoms with Gasteiger partial charge in [0.15, 0.2) is 5.78 Å². The third-order valence-electron chi connectivity index (χ3n) is 3.83. The molecule has 0 amide bonds. The zero-order chi connectivity index (χ0) is 14.8. The summed E-state index contributed by atoms with van der Waals surface area (Å²) < 4.78 is 4.77. The second kappa shape index (κ2) is 5.82. The molecule has 21 heavy (non-hydrogen) atoms. The van der Waals surface area contributed by atoms with E-state index in [2.05, 4.69) is 0 Å². The molecule has 1 atom stereocenters. The molecule has 3 nitrogen and oxygen atoms in total. The Kier molecular flexibility index (Phi) is 3.88. The zero-order valence-corrected chi connectivity index (χ0v) is 12.6. The lowest BCUT2D eigenvalue weighted by Gasteiger charge is -2.09. The first kappa shape index (κ1) is 14.0. The van der Waals surface area contributed by atoms with Crippen LogP contribution in [0.25, 0.3) is 10.4 Å². The van der Waals surface area contributed by atoms with Gasteiger partial charge in [-0.05, 0) is 30.9 Å². The van der Waals surface area contributed by atoms with Crippen LogP contribution in [0.15, 0.2) is 36.4 Å². The summed E-state index contributed by atoms with van der Waals surface area (Å²) in [6, 6.07) is 11.9. The number of carbonyl (C=O) groups is 2. The first-order chi connectivity index (χ1) is 10.2. The van der Waals surface area contributed by atoms with E-state index in [0.717, 1.165) is 28.2 Å². The molecule has 0 saturated heterocycles. The van der Waals surface area contributed by atoms with Crippen LogP contribution in [-0.2, 0) is 16.0 Å². The number of esters is 1. The Bertz CT molecular complexity index is 673. The summed E-state index contributed by atoms with van der Waals surface area (Å²) in [5, 5.41) is 0. The predicted octanol–water partition coefficient (Wildman–Crippen LogP) is 3.72. The number of methoxy groups -OCH3 is 1. The van der Waals surface area contributed by atoms with E-state index in [9.17, 15) is 9.59 Å². The second-order valence-corrected chi connectivity index (χ2v) is 6.28. The van der Waals surface area contributed by atoms with Crippen molar-refractivity contribution in [3.05, 3.63) is 46.8 Å². The number of benzene rings is 1. The molecule has 0 bridgehead atoms. The molecule has 1 aliphatic rings. The van der Waals surface area contributed by atoms with Crippen LogP contribution in [0.3, 0.4) is 0 Å². The van der Waals surface area contributed by atoms with E-state index in [4.69, 9.17) is 4.74 Å². The van der Waals surface area contributed by atoms with Crippen LogP contribution >= 0.6 is 11.3 Å². The fourth-order valence-corrected chi connectivity index (χ4v) is 3.93. The monoisotopic (exact) mass is 300 g/mol. The van der Waals surface area contributed by atoms with E-state index < -0.39 is 11.9 Å². The Labute approximate surface area is 127 Å². The van der Waals surface area contributed by atoms with Gasteiger partial charge in [0.1, 0.15) is 5.92 Å². The van der Waals surface area contributed by atoms with Crippen molar-refractivity contribution in [1.82, 2.24) is 0 Å². The van der Waals surface area contributed by atoms with Gasteiger partial charge >= 0.3 is 5.97 Å². The Morgan fingerprint density at radius 1 is 1.29 bits per heavy atom. The number of ether oxygens (including phenoxy) is 1. The van der Waals surface area contributed by atoms with Gasteiger partial charge in [-0.3, -0.25) is 9.59 Å². The molecule has 0 saturated carbocycles. The normalized spacial score (nSPS) is 18.0. The summed E-state index contributed by atoms with van der Waals surface area (Å²) in [6.45, 7) is 0. The maximum absolute atomic E-state index is 12.6. The molecular weight excluding hydrogens is 284 g/mol. The number of hydrogen-bond acceptors (Lipinski definition) is 4. The summed E-state index contributed by atoms with van der Waals surface area (Å²) in [6.07, 6.45) is 2.27. The van der Waals surface area contributed by atoms with Gasteiger partial charge in [-0.25, -0.2) is 0 Å². The fourth-order valence-electron chi connectivity index (χ4n) is 2.72. The van der Waals surface area contributed by atoms with Crippen LogP contribution in [0.5, 0.6) is 0 Å². The minimum absolute atomic E-state index is 0.0900. The van der Waals surface area contributed by atoms with Crippen molar-refractivity contribution >= 4 is 23.1 Å². The Hall–Kier alpha value is -1.94. The van der Waals surface area contributed by atoms with E-state index in [0.29, 0.717) is 12.0 Å². The topological polar surface area (TPSA) is 43.4 Å². The molecular formula is C17H16O3S. The predicted molar refractivity (Wildman–Crippen MR) is 82.5 cm³/mol. The van der Waals surface area contributed by atoms with Crippen molar-refractivity contribution < 1.29 is 14.3 Å². The summed E-state index contributed by atoms with van der Waals surface area (Å²) in [4.78, 5) is 26.5. The quantitative estimate of drug-likeness (QED) is 0.482. The van der Waals surface area contributed by atoms with E-state index in [-0.39, 0.29) is 5.78 Å². The van der Waals surface area contributed by atoms with E-state index >= 15 is 0 Å². The second-order valence-electron chi connectivity index (χ2n) is 5.15. The highest BCUT2D eigenvalue weighted by atomic mass is 32.1. The molecule has 1 aromatic carbocycles. The molecule has 1 heterocycles. The third-order valence-corrected chi connectivity index (χ3v) is 5.08. The van der Waals surface area contributed by atoms with Gasteiger partial charge in [0.05, 0.1) is 7.11 Å². The molecule has 3 rings (SSSR count). The highest BCUT2D eigenvalue weighted by molar-refractivity contribution is 7.15. The van der Waals surface area contributed by atoms with Crippen molar-refractivity contribution in [2.24, 2.45) is 5.92 Å². The first-order valence-electron chi connectivity index (χ1n) is 7.01. The van der Waals surface area contributed by atoms with Gasteiger partial charge in [0, 0.05) is 15.3 Å². The largest absolute Gasteiger partial charge is 0.468 e. The third kappa shape index (κ3) is 2.63. The number of hydrogen-bond donors (Lipinski definition) is 0. The molecule has 1 aromatic heterocycles. The van der Waals surface area contributed by atoms with Gasteiger partial charge in [-0.1, -0.05) is 30.3 Å². The lowest BCUT2D eigenvalue weighted by Crippen LogP contribution is -2.24. The maximum Gasteiger partial charge on any atom is 0.316 e. The van der Waals surface area contributed by atoms with Crippen molar-refractivity contribution in [1.29, 1.82) is 0 Å². The summed E-state index contributed by atoms with van der Waals surface area (Å²) >= 11 is 1.65. The minimum Gasteiger partial charge on any atom is -0.468 e. The number of Topliss-reactive ketones (excluding diaryl/α,β-unsaturated/α-hetero) is 1. The Balaban J connectivity index is 1.99. The van der Waals surface area contributed by atoms with Gasteiger partial charge in [0.25, 0.3) is 0 Å². The highest BCUT2D eigenvalue weighted by Gasteiger charge is 2.33. The van der Waals surface area contributed by atoms with Crippen LogP contribution in [-0.4, -0.2) is 18.9 Å². The molecule has 1 unspecified atom stereocenters. The standard InChI is InChI=1S/C17H16O3S/c1-20-17(19)12-8-5-9-14-13(16(12)18)10-15(21-14)11-6-3-2-4-7-11/h2-4,6-7,10,12H,5,8-9H2,1H3. The number of rotatable bonds is 2. The minimum atomic E-state index is -0.644. The number of thiophene rings is 1. The molecule has 4 heteroatoms. The fraction of sp³-hybridized carbons (Fsp3) is 0.294. The number of fused-ring (bicyclic) bond motifs is 1. The van der Waals surface area contributed by atoms with Crippen LogP contribution in [0.4, 0.5) is 0 Å². The first-order valence-corrected chi connectivity index (χ1v) is 7.82. The number of carbonyl (C=O) groups excluding carboxylic acids is 2. The van der Waals surface area contributed by atoms with E-state index in [1.165, 1.54) is 7.11 Å². The molecule has 0 spiro atoms. The average molecular weight is 300 g/mol. The van der Waals surface area contributed by atoms with Crippen LogP contribution in [0.1, 0.15) is 28.1 Å². The maximum atomic E-state index is 12.6. The molecule has 2 aromatic rings. The van der Waals surface area contributed by atoms with Gasteiger partial charge in [-0.2, -0.15) is 0 Å². The summed E-state index contributed by atoms with van der Waals surface area (Å²) in [7, 11) is 1.34. The van der Waals surface area contributed by atoms with Crippen molar-refractivity contribution in [2.45, 2.75) is 19.3 Å². The lowest BCUT2D eigenvalue weighted by atomic mass is 9.96. The molecule has 0 radical (unpaired) electrons. The molecule has 108 valence electrons. The van der Waals surface area contributed by atoms with E-state index in [1.807, 2.05) is 36.4 Å². The average Bonchev–Trinajstić information content (AvgIpc) is 2.89. The van der Waals surface area contributed by atoms with Crippen LogP contribution in [0.2, 0.25) is 0 Å². The van der Waals surface area contributed by atoms with Gasteiger partial charge in [0.2, 0.25) is 0 Å². The zero-order valence-electron chi connectivity index (χ0n) is 11.8. The number of ketones is 1. The molecule has 0 aliphatic heterocycles.